The van der Waals surface area contributed by atoms with Gasteiger partial charge >= 0.3 is 5.69 Å². The molecule has 2 aliphatic heterocycles. The first-order chi connectivity index (χ1) is 29.5. The summed E-state index contributed by atoms with van der Waals surface area (Å²) >= 11 is 0. The second-order valence-corrected chi connectivity index (χ2v) is 15.1. The number of fused-ring (bicyclic) bond motifs is 1. The number of methoxy groups -OCH3 is 1. The molecule has 0 bridgehead atoms. The Morgan fingerprint density at radius 2 is 1.67 bits per heavy atom. The number of carbonyl (C=O) groups excluding carboxylic acids is 3. The summed E-state index contributed by atoms with van der Waals surface area (Å²) in [7, 11) is 6.83. The molecule has 8 rings (SSSR count). The van der Waals surface area contributed by atoms with Crippen LogP contribution < -0.4 is 36.6 Å². The molecule has 6 heterocycles. The SMILES string of the molecule is CNC(=O)c1cnc(Nc2ccc(CN3CCC(N(C)c4ccc5c(c4)n(C)c(=O)n5C4CCC(=O)NC4=O)CC3)cn2)cc1Nc1cccc(-c2ncc(F)cn2)c1OC. The number of nitrogens with one attached hydrogen (secondary N) is 4. The molecule has 314 valence electrons. The smallest absolute Gasteiger partial charge is 0.329 e. The number of nitrogens with zero attached hydrogens (tertiary/aromatic N) is 8. The quantitative estimate of drug-likeness (QED) is 0.125. The zero-order valence-electron chi connectivity index (χ0n) is 34.1. The van der Waals surface area contributed by atoms with E-state index in [1.54, 1.807) is 42.9 Å². The van der Waals surface area contributed by atoms with Gasteiger partial charge in [-0.3, -0.25) is 33.7 Å². The number of piperidine rings is 2. The van der Waals surface area contributed by atoms with Gasteiger partial charge in [-0.25, -0.2) is 29.1 Å². The number of imidazole rings is 1. The second-order valence-electron chi connectivity index (χ2n) is 15.1. The van der Waals surface area contributed by atoms with Crippen LogP contribution in [-0.2, 0) is 23.2 Å². The third-order valence-corrected chi connectivity index (χ3v) is 11.3. The number of ether oxygens (including phenoxy) is 1. The largest absolute Gasteiger partial charge is 0.494 e. The van der Waals surface area contributed by atoms with Crippen molar-refractivity contribution in [2.45, 2.75) is 44.3 Å². The minimum Gasteiger partial charge on any atom is -0.494 e. The zero-order chi connectivity index (χ0) is 42.8. The van der Waals surface area contributed by atoms with Crippen molar-refractivity contribution in [1.82, 2.24) is 44.6 Å². The first kappa shape index (κ1) is 40.6. The van der Waals surface area contributed by atoms with Crippen LogP contribution in [-0.4, -0.2) is 92.0 Å². The highest BCUT2D eigenvalue weighted by molar-refractivity contribution is 6.01. The first-order valence-corrected chi connectivity index (χ1v) is 19.9. The van der Waals surface area contributed by atoms with E-state index in [9.17, 15) is 23.6 Å². The summed E-state index contributed by atoms with van der Waals surface area (Å²) < 4.78 is 22.3. The maximum absolute atomic E-state index is 13.5. The molecule has 2 aliphatic rings. The average molecular weight is 829 g/mol. The van der Waals surface area contributed by atoms with Gasteiger partial charge in [0, 0.05) is 77.4 Å². The number of halogens is 1. The highest BCUT2D eigenvalue weighted by Gasteiger charge is 2.32. The van der Waals surface area contributed by atoms with Crippen molar-refractivity contribution < 1.29 is 23.5 Å². The highest BCUT2D eigenvalue weighted by Crippen LogP contribution is 2.37. The Morgan fingerprint density at radius 3 is 2.38 bits per heavy atom. The lowest BCUT2D eigenvalue weighted by atomic mass is 10.0. The Kier molecular flexibility index (Phi) is 11.4. The lowest BCUT2D eigenvalue weighted by Gasteiger charge is -2.38. The fraction of sp³-hybridized carbons (Fsp3) is 0.302. The van der Waals surface area contributed by atoms with Gasteiger partial charge in [0.05, 0.1) is 53.0 Å². The van der Waals surface area contributed by atoms with Crippen molar-refractivity contribution in [3.05, 3.63) is 107 Å². The Labute approximate surface area is 350 Å². The van der Waals surface area contributed by atoms with Crippen LogP contribution in [0.2, 0.25) is 0 Å². The van der Waals surface area contributed by atoms with Crippen LogP contribution in [0.25, 0.3) is 22.4 Å². The van der Waals surface area contributed by atoms with Crippen LogP contribution >= 0.6 is 0 Å². The van der Waals surface area contributed by atoms with Crippen molar-refractivity contribution in [1.29, 1.82) is 0 Å². The number of aryl methyl sites for hydroxylation is 1. The third kappa shape index (κ3) is 8.34. The lowest BCUT2D eigenvalue weighted by Crippen LogP contribution is -2.44. The summed E-state index contributed by atoms with van der Waals surface area (Å²) in [4.78, 5) is 72.5. The molecule has 18 heteroatoms. The summed E-state index contributed by atoms with van der Waals surface area (Å²) in [5, 5.41) is 11.5. The number of hydrogen-bond acceptors (Lipinski definition) is 13. The van der Waals surface area contributed by atoms with Crippen molar-refractivity contribution in [2.24, 2.45) is 7.05 Å². The number of aromatic nitrogens is 6. The number of hydrogen-bond donors (Lipinski definition) is 4. The molecule has 6 aromatic rings. The Balaban J connectivity index is 0.900. The maximum Gasteiger partial charge on any atom is 0.329 e. The van der Waals surface area contributed by atoms with Gasteiger partial charge in [-0.15, -0.1) is 0 Å². The number of carbonyl (C=O) groups is 3. The number of likely N-dealkylation sites (tertiary alicyclic amines) is 1. The Morgan fingerprint density at radius 1 is 0.902 bits per heavy atom. The molecule has 2 aromatic carbocycles. The standard InChI is InChI=1S/C43H45FN12O5/c1-45-41(58)30-23-47-37(19-32(30)50-31-7-5-6-29(39(31)61-4)40-48-21-26(44)22-49-40)51-36-12-8-25(20-46-36)24-55-16-14-27(15-17-55)53(2)28-9-10-33-35(18-28)54(3)43(60)56(33)34-11-13-38(57)52-42(34)59/h5-10,12,18-23,27,34H,11,13-17,24H2,1-4H3,(H,45,58)(H,52,57,59)(H2,46,47,50,51). The summed E-state index contributed by atoms with van der Waals surface area (Å²) in [6.07, 6.45) is 7.86. The van der Waals surface area contributed by atoms with Gasteiger partial charge in [0.15, 0.2) is 17.4 Å². The monoisotopic (exact) mass is 828 g/mol. The van der Waals surface area contributed by atoms with Gasteiger partial charge in [-0.05, 0) is 61.2 Å². The number of para-hydroxylation sites is 1. The zero-order valence-corrected chi connectivity index (χ0v) is 34.1. The van der Waals surface area contributed by atoms with Crippen molar-refractivity contribution >= 4 is 57.5 Å². The van der Waals surface area contributed by atoms with Crippen LogP contribution in [0.15, 0.2) is 84.2 Å². The average Bonchev–Trinajstić information content (AvgIpc) is 3.52. The van der Waals surface area contributed by atoms with E-state index in [0.29, 0.717) is 57.9 Å². The molecule has 4 aromatic heterocycles. The molecule has 3 amide bonds. The first-order valence-electron chi connectivity index (χ1n) is 19.9. The highest BCUT2D eigenvalue weighted by atomic mass is 19.1. The minimum atomic E-state index is -0.722. The molecule has 2 saturated heterocycles. The van der Waals surface area contributed by atoms with Gasteiger partial charge in [-0.1, -0.05) is 12.1 Å². The minimum absolute atomic E-state index is 0.195. The van der Waals surface area contributed by atoms with Crippen LogP contribution in [0.3, 0.4) is 0 Å². The Hall–Kier alpha value is -7.21. The van der Waals surface area contributed by atoms with Crippen LogP contribution in [0.4, 0.5) is 33.1 Å². The predicted octanol–water partition coefficient (Wildman–Crippen LogP) is 4.66. The molecule has 0 saturated carbocycles. The summed E-state index contributed by atoms with van der Waals surface area (Å²) in [6.45, 7) is 2.52. The number of rotatable bonds is 12. The molecular formula is C43H45FN12O5. The summed E-state index contributed by atoms with van der Waals surface area (Å²) in [5.41, 5.74) is 4.98. The predicted molar refractivity (Wildman–Crippen MR) is 228 cm³/mol. The normalized spacial score (nSPS) is 16.0. The lowest BCUT2D eigenvalue weighted by molar-refractivity contribution is -0.135. The molecule has 0 aliphatic carbocycles. The number of amides is 3. The van der Waals surface area contributed by atoms with E-state index in [0.717, 1.165) is 61.6 Å². The summed E-state index contributed by atoms with van der Waals surface area (Å²) in [6, 6.07) is 16.4. The number of anilines is 5. The fourth-order valence-electron chi connectivity index (χ4n) is 8.03. The van der Waals surface area contributed by atoms with Gasteiger partial charge in [0.2, 0.25) is 11.8 Å². The van der Waals surface area contributed by atoms with Crippen LogP contribution in [0.1, 0.15) is 47.6 Å². The van der Waals surface area contributed by atoms with Crippen molar-refractivity contribution in [2.75, 3.05) is 49.8 Å². The number of benzene rings is 2. The van der Waals surface area contributed by atoms with Gasteiger partial charge in [-0.2, -0.15) is 0 Å². The molecule has 0 radical (unpaired) electrons. The van der Waals surface area contributed by atoms with Crippen molar-refractivity contribution in [3.63, 3.8) is 0 Å². The number of imide groups is 1. The van der Waals surface area contributed by atoms with E-state index >= 15 is 0 Å². The molecule has 0 spiro atoms. The molecular weight excluding hydrogens is 784 g/mol. The van der Waals surface area contributed by atoms with E-state index in [1.165, 1.54) is 17.9 Å². The van der Waals surface area contributed by atoms with Crippen LogP contribution in [0, 0.1) is 5.82 Å². The number of pyridine rings is 2. The van der Waals surface area contributed by atoms with Gasteiger partial charge in [0.25, 0.3) is 5.91 Å². The van der Waals surface area contributed by atoms with E-state index in [2.05, 4.69) is 58.1 Å². The maximum atomic E-state index is 13.5. The second kappa shape index (κ2) is 17.2. The molecule has 4 N–H and O–H groups in total. The van der Waals surface area contributed by atoms with E-state index in [4.69, 9.17) is 4.74 Å². The molecule has 2 fully saturated rings. The van der Waals surface area contributed by atoms with Gasteiger partial charge in [0.1, 0.15) is 17.7 Å². The van der Waals surface area contributed by atoms with Gasteiger partial charge < -0.3 is 25.6 Å². The molecule has 17 nitrogen and oxygen atoms in total. The summed E-state index contributed by atoms with van der Waals surface area (Å²) in [5.74, 6) is 0.0480. The molecule has 61 heavy (non-hydrogen) atoms. The third-order valence-electron chi connectivity index (χ3n) is 11.3. The van der Waals surface area contributed by atoms with Crippen LogP contribution in [0.5, 0.6) is 5.75 Å². The fourth-order valence-corrected chi connectivity index (χ4v) is 8.03. The Bertz CT molecular complexity index is 2680. The molecule has 1 unspecified atom stereocenters. The van der Waals surface area contributed by atoms with E-state index in [-0.39, 0.29) is 29.7 Å². The topological polar surface area (TPSA) is 194 Å². The molecule has 1 atom stereocenters. The van der Waals surface area contributed by atoms with Crippen molar-refractivity contribution in [3.8, 4) is 17.1 Å². The van der Waals surface area contributed by atoms with E-state index in [1.807, 2.05) is 36.5 Å². The van der Waals surface area contributed by atoms with E-state index < -0.39 is 17.8 Å².